The van der Waals surface area contributed by atoms with E-state index in [4.69, 9.17) is 25.2 Å². The van der Waals surface area contributed by atoms with E-state index < -0.39 is 11.6 Å². The van der Waals surface area contributed by atoms with Crippen LogP contribution in [0.4, 0.5) is 0 Å². The van der Waals surface area contributed by atoms with Crippen LogP contribution in [-0.2, 0) is 4.79 Å². The Morgan fingerprint density at radius 2 is 1.22 bits per heavy atom. The number of hydrogen-bond acceptors (Lipinski definition) is 5. The van der Waals surface area contributed by atoms with Gasteiger partial charge in [-0.1, -0.05) is 0 Å². The fraction of sp³-hybridized carbons (Fsp3) is 0. The molecule has 0 radical (unpaired) electrons. The average molecular weight is 187 g/mol. The van der Waals surface area contributed by atoms with Crippen molar-refractivity contribution in [1.82, 2.24) is 0 Å². The van der Waals surface area contributed by atoms with E-state index in [1.807, 2.05) is 0 Å². The van der Waals surface area contributed by atoms with Crippen molar-refractivity contribution in [1.29, 1.82) is 0 Å². The molecule has 0 rings (SSSR count). The molecule has 0 unspecified atom stereocenters. The van der Waals surface area contributed by atoms with E-state index in [-0.39, 0.29) is 75.5 Å². The minimum Gasteiger partial charge on any atom is -0.554 e. The fourth-order valence-corrected chi connectivity index (χ4v) is 0. The third-order valence-electron chi connectivity index (χ3n) is 0. The molecular formula is CHCa2NO5+2. The van der Waals surface area contributed by atoms with Gasteiger partial charge in [-0.15, -0.1) is 0 Å². The zero-order chi connectivity index (χ0) is 6.28. The molecule has 0 heterocycles. The molecule has 0 N–H and O–H groups in total. The van der Waals surface area contributed by atoms with Crippen LogP contribution in [0.15, 0.2) is 0 Å². The summed E-state index contributed by atoms with van der Waals surface area (Å²) in [5, 5.41) is 23.0. The summed E-state index contributed by atoms with van der Waals surface area (Å²) in [4.78, 5) is 16.5. The van der Waals surface area contributed by atoms with Gasteiger partial charge in [-0.25, -0.2) is 0 Å². The van der Waals surface area contributed by atoms with Gasteiger partial charge >= 0.3 is 75.5 Å². The van der Waals surface area contributed by atoms with Gasteiger partial charge in [-0.2, -0.15) is 0 Å². The monoisotopic (exact) mass is 187 g/mol. The maximum Gasteiger partial charge on any atom is 2.00 e. The molecule has 0 saturated carbocycles. The molecule has 0 amide bonds. The van der Waals surface area contributed by atoms with Gasteiger partial charge in [0.25, 0.3) is 0 Å². The summed E-state index contributed by atoms with van der Waals surface area (Å²) < 4.78 is 0. The van der Waals surface area contributed by atoms with Crippen LogP contribution in [-0.4, -0.2) is 87.0 Å². The molecule has 0 aromatic rings. The number of carbonyl (C=O) groups is 1. The molecule has 0 aliphatic rings. The summed E-state index contributed by atoms with van der Waals surface area (Å²) in [6.07, 6.45) is 0. The van der Waals surface area contributed by atoms with Gasteiger partial charge in [0.05, 0.1) is 5.09 Å². The van der Waals surface area contributed by atoms with Crippen molar-refractivity contribution in [3.8, 4) is 0 Å². The van der Waals surface area contributed by atoms with Crippen molar-refractivity contribution in [2.45, 2.75) is 0 Å². The summed E-state index contributed by atoms with van der Waals surface area (Å²) >= 11 is 0. The van der Waals surface area contributed by atoms with E-state index in [1.165, 1.54) is 0 Å². The Morgan fingerprint density at radius 3 is 1.22 bits per heavy atom. The first kappa shape index (κ1) is 22.5. The van der Waals surface area contributed by atoms with E-state index in [1.54, 1.807) is 0 Å². The molecular weight excluding hydrogens is 186 g/mol. The Bertz CT molecular complexity index is 62.0. The van der Waals surface area contributed by atoms with E-state index >= 15 is 0 Å². The Kier molecular flexibility index (Phi) is 57.1. The fourth-order valence-electron chi connectivity index (χ4n) is 0. The quantitative estimate of drug-likeness (QED) is 0.178. The summed E-state index contributed by atoms with van der Waals surface area (Å²) in [5.41, 5.74) is 0. The molecule has 0 aromatic carbocycles. The number of carbonyl (C=O) groups excluding carboxylic acids is 1. The van der Waals surface area contributed by atoms with Crippen molar-refractivity contribution in [3.05, 3.63) is 15.3 Å². The predicted octanol–water partition coefficient (Wildman–Crippen LogP) is -2.63. The molecule has 0 saturated heterocycles. The van der Waals surface area contributed by atoms with Crippen LogP contribution in [0.5, 0.6) is 0 Å². The zero-order valence-corrected chi connectivity index (χ0v) is 8.90. The third-order valence-corrected chi connectivity index (χ3v) is 0. The molecule has 42 valence electrons. The molecule has 9 heavy (non-hydrogen) atoms. The molecule has 0 aliphatic carbocycles. The predicted molar refractivity (Wildman–Crippen MR) is 27.9 cm³/mol. The topological polar surface area (TPSA) is 106 Å². The smallest absolute Gasteiger partial charge is 0.554 e. The maximum absolute atomic E-state index is 8.25. The van der Waals surface area contributed by atoms with Crippen LogP contribution in [0.3, 0.4) is 0 Å². The second-order valence-electron chi connectivity index (χ2n) is 0.320. The largest absolute Gasteiger partial charge is 2.00 e. The van der Waals surface area contributed by atoms with Crippen LogP contribution in [0, 0.1) is 15.3 Å². The first-order chi connectivity index (χ1) is 3.15. The first-order valence-electron chi connectivity index (χ1n) is 1.02. The van der Waals surface area contributed by atoms with Gasteiger partial charge in [0, 0.05) is 6.47 Å². The van der Waals surface area contributed by atoms with Crippen LogP contribution in [0.1, 0.15) is 0 Å². The second-order valence-corrected chi connectivity index (χ2v) is 0.320. The average Bonchev–Trinajstić information content (AvgIpc) is 1.33. The minimum absolute atomic E-state index is 0. The normalized spacial score (nSPS) is 4.00. The number of rotatable bonds is 0. The van der Waals surface area contributed by atoms with Gasteiger partial charge in [-0.05, 0) is 0 Å². The van der Waals surface area contributed by atoms with Crippen LogP contribution in [0.25, 0.3) is 0 Å². The van der Waals surface area contributed by atoms with Crippen LogP contribution >= 0.6 is 0 Å². The van der Waals surface area contributed by atoms with E-state index in [0.717, 1.165) is 0 Å². The molecule has 0 aromatic heterocycles. The van der Waals surface area contributed by atoms with Crippen molar-refractivity contribution in [3.63, 3.8) is 0 Å². The van der Waals surface area contributed by atoms with Crippen molar-refractivity contribution < 1.29 is 15.0 Å². The van der Waals surface area contributed by atoms with Crippen molar-refractivity contribution in [2.24, 2.45) is 0 Å². The molecule has 0 aliphatic heterocycles. The SMILES string of the molecule is O=C[O-].O=[N+]([O-])[O-].[Ca+2].[Ca+2]. The van der Waals surface area contributed by atoms with E-state index in [2.05, 4.69) is 0 Å². The number of nitrogens with zero attached hydrogens (tertiary/aromatic N) is 1. The van der Waals surface area contributed by atoms with E-state index in [9.17, 15) is 0 Å². The summed E-state index contributed by atoms with van der Waals surface area (Å²) in [6.45, 7) is -0.500. The van der Waals surface area contributed by atoms with Crippen LogP contribution in [0.2, 0.25) is 0 Å². The zero-order valence-electron chi connectivity index (χ0n) is 4.48. The van der Waals surface area contributed by atoms with Gasteiger partial charge in [0.2, 0.25) is 0 Å². The third kappa shape index (κ3) is 336. The van der Waals surface area contributed by atoms with Gasteiger partial charge in [0.1, 0.15) is 0 Å². The number of carboxylic acid groups (broad SMARTS) is 1. The standard InChI is InChI=1S/CH2O2.2Ca.NO3/c2-1-3;;;2-1(3)4/h1H,(H,2,3);;;/q;2*+2;-1/p-1. The summed E-state index contributed by atoms with van der Waals surface area (Å²) in [7, 11) is 0. The Labute approximate surface area is 110 Å². The molecule has 6 nitrogen and oxygen atoms in total. The van der Waals surface area contributed by atoms with Crippen LogP contribution < -0.4 is 5.11 Å². The summed E-state index contributed by atoms with van der Waals surface area (Å²) in [6, 6.07) is 0. The van der Waals surface area contributed by atoms with Crippen molar-refractivity contribution >= 4 is 81.9 Å². The Morgan fingerprint density at radius 1 is 1.22 bits per heavy atom. The van der Waals surface area contributed by atoms with E-state index in [0.29, 0.717) is 0 Å². The van der Waals surface area contributed by atoms with Gasteiger partial charge < -0.3 is 25.2 Å². The Balaban J connectivity index is -0.0000000233. The first-order valence-corrected chi connectivity index (χ1v) is 1.02. The maximum atomic E-state index is 8.25. The molecule has 8 heteroatoms. The number of hydrogen-bond donors (Lipinski definition) is 0. The molecule has 0 atom stereocenters. The minimum atomic E-state index is -1.75. The Hall–Kier alpha value is 1.19. The summed E-state index contributed by atoms with van der Waals surface area (Å²) in [5.74, 6) is 0. The molecule has 0 bridgehead atoms. The molecule has 0 spiro atoms. The second kappa shape index (κ2) is 22.9. The van der Waals surface area contributed by atoms with Crippen molar-refractivity contribution in [2.75, 3.05) is 0 Å². The van der Waals surface area contributed by atoms with Gasteiger partial charge in [0.15, 0.2) is 0 Å². The van der Waals surface area contributed by atoms with Gasteiger partial charge in [-0.3, -0.25) is 0 Å². The molecule has 0 fully saturated rings.